The first kappa shape index (κ1) is 21.6. The molecule has 0 aliphatic heterocycles. The van der Waals surface area contributed by atoms with Gasteiger partial charge in [-0.2, -0.15) is 0 Å². The van der Waals surface area contributed by atoms with Crippen molar-refractivity contribution in [3.63, 3.8) is 0 Å². The summed E-state index contributed by atoms with van der Waals surface area (Å²) in [6.07, 6.45) is 0. The van der Waals surface area contributed by atoms with Crippen LogP contribution in [0.2, 0.25) is 0 Å². The van der Waals surface area contributed by atoms with E-state index in [1.54, 1.807) is 31.4 Å². The third-order valence-electron chi connectivity index (χ3n) is 3.85. The van der Waals surface area contributed by atoms with E-state index in [0.29, 0.717) is 20.8 Å². The summed E-state index contributed by atoms with van der Waals surface area (Å²) in [6, 6.07) is 14.5. The van der Waals surface area contributed by atoms with Gasteiger partial charge in [0.25, 0.3) is 0 Å². The lowest BCUT2D eigenvalue weighted by atomic mass is 10.2. The third kappa shape index (κ3) is 6.19. The molecule has 3 aromatic rings. The molecule has 30 heavy (non-hydrogen) atoms. The molecule has 3 N–H and O–H groups in total. The highest BCUT2D eigenvalue weighted by atomic mass is 32.2. The molecular weight excluding hydrogens is 422 g/mol. The number of nitrogens with one attached hydrogen (secondary N) is 3. The Bertz CT molecular complexity index is 1020. The number of nitrogens with zero attached hydrogens (tertiary/aromatic N) is 2. The van der Waals surface area contributed by atoms with Gasteiger partial charge in [-0.25, -0.2) is 0 Å². The Morgan fingerprint density at radius 3 is 2.40 bits per heavy atom. The number of rotatable bonds is 8. The van der Waals surface area contributed by atoms with Crippen LogP contribution in [0.5, 0.6) is 5.75 Å². The number of ether oxygens (including phenoxy) is 1. The number of methoxy groups -OCH3 is 1. The first-order valence-corrected chi connectivity index (χ1v) is 10.7. The van der Waals surface area contributed by atoms with Gasteiger partial charge in [0, 0.05) is 30.1 Å². The van der Waals surface area contributed by atoms with E-state index in [-0.39, 0.29) is 17.1 Å². The molecule has 0 aliphatic carbocycles. The molecule has 1 unspecified atom stereocenters. The second-order valence-electron chi connectivity index (χ2n) is 6.24. The van der Waals surface area contributed by atoms with Crippen LogP contribution in [-0.2, 0) is 9.59 Å². The SMILES string of the molecule is COc1cccc(Nc2nnc(SC(C)C(=O)Nc3ccc(NC(C)=O)cc3)s2)c1. The van der Waals surface area contributed by atoms with Gasteiger partial charge >= 0.3 is 0 Å². The molecule has 156 valence electrons. The summed E-state index contributed by atoms with van der Waals surface area (Å²) in [7, 11) is 1.61. The van der Waals surface area contributed by atoms with E-state index in [0.717, 1.165) is 11.4 Å². The molecule has 1 aromatic heterocycles. The molecule has 0 saturated heterocycles. The highest BCUT2D eigenvalue weighted by Gasteiger charge is 2.17. The fraction of sp³-hybridized carbons (Fsp3) is 0.200. The lowest BCUT2D eigenvalue weighted by Gasteiger charge is -2.11. The van der Waals surface area contributed by atoms with Crippen molar-refractivity contribution in [2.24, 2.45) is 0 Å². The average Bonchev–Trinajstić information content (AvgIpc) is 3.15. The summed E-state index contributed by atoms with van der Waals surface area (Å²) in [6.45, 7) is 3.25. The Kier molecular flexibility index (Phi) is 7.26. The quantitative estimate of drug-likeness (QED) is 0.444. The predicted octanol–water partition coefficient (Wildman–Crippen LogP) is 4.37. The Morgan fingerprint density at radius 2 is 1.73 bits per heavy atom. The van der Waals surface area contributed by atoms with Crippen molar-refractivity contribution in [2.45, 2.75) is 23.4 Å². The van der Waals surface area contributed by atoms with Gasteiger partial charge in [-0.3, -0.25) is 9.59 Å². The van der Waals surface area contributed by atoms with Crippen molar-refractivity contribution in [1.29, 1.82) is 0 Å². The normalized spacial score (nSPS) is 11.4. The van der Waals surface area contributed by atoms with Crippen molar-refractivity contribution in [3.8, 4) is 5.75 Å². The minimum Gasteiger partial charge on any atom is -0.497 e. The molecule has 0 fully saturated rings. The molecule has 1 heterocycles. The number of hydrogen-bond donors (Lipinski definition) is 3. The highest BCUT2D eigenvalue weighted by Crippen LogP contribution is 2.31. The topological polar surface area (TPSA) is 105 Å². The van der Waals surface area contributed by atoms with Crippen LogP contribution >= 0.6 is 23.1 Å². The zero-order chi connectivity index (χ0) is 21.5. The molecule has 0 radical (unpaired) electrons. The average molecular weight is 444 g/mol. The fourth-order valence-electron chi connectivity index (χ4n) is 2.42. The summed E-state index contributed by atoms with van der Waals surface area (Å²) in [4.78, 5) is 23.5. The number of aromatic nitrogens is 2. The molecule has 0 spiro atoms. The third-order valence-corrected chi connectivity index (χ3v) is 5.87. The van der Waals surface area contributed by atoms with Gasteiger partial charge in [0.15, 0.2) is 4.34 Å². The van der Waals surface area contributed by atoms with E-state index in [1.165, 1.54) is 30.0 Å². The molecule has 2 amide bonds. The van der Waals surface area contributed by atoms with Crippen LogP contribution in [0.15, 0.2) is 52.9 Å². The Hall–Kier alpha value is -3.11. The van der Waals surface area contributed by atoms with Gasteiger partial charge in [0.2, 0.25) is 16.9 Å². The van der Waals surface area contributed by atoms with Gasteiger partial charge < -0.3 is 20.7 Å². The van der Waals surface area contributed by atoms with E-state index < -0.39 is 0 Å². The number of hydrogen-bond acceptors (Lipinski definition) is 8. The smallest absolute Gasteiger partial charge is 0.237 e. The van der Waals surface area contributed by atoms with Crippen LogP contribution in [-0.4, -0.2) is 34.4 Å². The minimum atomic E-state index is -0.363. The number of thioether (sulfide) groups is 1. The lowest BCUT2D eigenvalue weighted by molar-refractivity contribution is -0.115. The van der Waals surface area contributed by atoms with Gasteiger partial charge in [-0.15, -0.1) is 10.2 Å². The van der Waals surface area contributed by atoms with E-state index in [1.807, 2.05) is 31.2 Å². The highest BCUT2D eigenvalue weighted by molar-refractivity contribution is 8.02. The number of carbonyl (C=O) groups excluding carboxylic acids is 2. The molecule has 0 saturated carbocycles. The van der Waals surface area contributed by atoms with Gasteiger partial charge in [0.1, 0.15) is 5.75 Å². The summed E-state index contributed by atoms with van der Waals surface area (Å²) in [5.74, 6) is 0.452. The standard InChI is InChI=1S/C20H21N5O3S2/c1-12(18(27)22-15-9-7-14(8-10-15)21-13(2)26)29-20-25-24-19(30-20)23-16-5-4-6-17(11-16)28-3/h4-12H,1-3H3,(H,21,26)(H,22,27)(H,23,24). The van der Waals surface area contributed by atoms with E-state index >= 15 is 0 Å². The van der Waals surface area contributed by atoms with Gasteiger partial charge in [-0.1, -0.05) is 29.2 Å². The van der Waals surface area contributed by atoms with Gasteiger partial charge in [-0.05, 0) is 43.3 Å². The molecular formula is C20H21N5O3S2. The summed E-state index contributed by atoms with van der Waals surface area (Å²) < 4.78 is 5.89. The van der Waals surface area contributed by atoms with Crippen LogP contribution in [0.25, 0.3) is 0 Å². The van der Waals surface area contributed by atoms with Crippen LogP contribution in [0.3, 0.4) is 0 Å². The molecule has 2 aromatic carbocycles. The second-order valence-corrected chi connectivity index (χ2v) is 8.80. The van der Waals surface area contributed by atoms with Crippen LogP contribution in [0.1, 0.15) is 13.8 Å². The van der Waals surface area contributed by atoms with Crippen molar-refractivity contribution in [2.75, 3.05) is 23.1 Å². The Morgan fingerprint density at radius 1 is 1.03 bits per heavy atom. The first-order valence-electron chi connectivity index (χ1n) is 9.02. The number of benzene rings is 2. The predicted molar refractivity (Wildman–Crippen MR) is 121 cm³/mol. The maximum atomic E-state index is 12.5. The van der Waals surface area contributed by atoms with Crippen molar-refractivity contribution in [3.05, 3.63) is 48.5 Å². The van der Waals surface area contributed by atoms with E-state index in [4.69, 9.17) is 4.74 Å². The Labute approximate surface area is 182 Å². The van der Waals surface area contributed by atoms with Crippen molar-refractivity contribution in [1.82, 2.24) is 10.2 Å². The molecule has 1 atom stereocenters. The second kappa shape index (κ2) is 10.1. The monoisotopic (exact) mass is 443 g/mol. The van der Waals surface area contributed by atoms with Crippen molar-refractivity contribution >= 4 is 57.1 Å². The molecule has 0 bridgehead atoms. The van der Waals surface area contributed by atoms with Crippen LogP contribution < -0.4 is 20.7 Å². The Balaban J connectivity index is 1.54. The first-order chi connectivity index (χ1) is 14.4. The maximum Gasteiger partial charge on any atom is 0.237 e. The number of amides is 2. The zero-order valence-electron chi connectivity index (χ0n) is 16.6. The number of anilines is 4. The zero-order valence-corrected chi connectivity index (χ0v) is 18.3. The summed E-state index contributed by atoms with van der Waals surface area (Å²) in [5, 5.41) is 17.3. The van der Waals surface area contributed by atoms with Gasteiger partial charge in [0.05, 0.1) is 12.4 Å². The molecule has 10 heteroatoms. The maximum absolute atomic E-state index is 12.5. The minimum absolute atomic E-state index is 0.144. The fourth-order valence-corrected chi connectivity index (χ4v) is 4.34. The van der Waals surface area contributed by atoms with Crippen LogP contribution in [0, 0.1) is 0 Å². The lowest BCUT2D eigenvalue weighted by Crippen LogP contribution is -2.22. The van der Waals surface area contributed by atoms with Crippen LogP contribution in [0.4, 0.5) is 22.2 Å². The summed E-state index contributed by atoms with van der Waals surface area (Å²) in [5.41, 5.74) is 2.17. The van der Waals surface area contributed by atoms with E-state index in [9.17, 15) is 9.59 Å². The number of carbonyl (C=O) groups is 2. The largest absolute Gasteiger partial charge is 0.497 e. The molecule has 0 aliphatic rings. The molecule has 3 rings (SSSR count). The molecule has 8 nitrogen and oxygen atoms in total. The summed E-state index contributed by atoms with van der Waals surface area (Å²) >= 11 is 2.70. The van der Waals surface area contributed by atoms with E-state index in [2.05, 4.69) is 26.1 Å². The van der Waals surface area contributed by atoms with Crippen molar-refractivity contribution < 1.29 is 14.3 Å².